The van der Waals surface area contributed by atoms with Crippen molar-refractivity contribution in [3.05, 3.63) is 0 Å². The molecule has 0 aromatic rings. The van der Waals surface area contributed by atoms with Crippen LogP contribution in [-0.2, 0) is 81.0 Å². The molecule has 432 valence electrons. The maximum atomic E-state index is 13.0. The Kier molecular flexibility index (Phi) is 42.0. The topological polar surface area (TPSA) is 308 Å². The molecule has 2 unspecified atom stereocenters. The molecule has 0 aliphatic carbocycles. The average molecular weight is 1070 g/mol. The highest BCUT2D eigenvalue weighted by atomic mass is 16.7. The van der Waals surface area contributed by atoms with E-state index in [0.717, 1.165) is 44.9 Å². The molecule has 5 amide bonds. The normalized spacial score (nSPS) is 17.2. The van der Waals surface area contributed by atoms with Crippen LogP contribution in [0, 0.1) is 0 Å². The van der Waals surface area contributed by atoms with E-state index in [2.05, 4.69) is 26.6 Å². The lowest BCUT2D eigenvalue weighted by molar-refractivity contribution is -0.286. The van der Waals surface area contributed by atoms with Crippen molar-refractivity contribution in [3.63, 3.8) is 0 Å². The summed E-state index contributed by atoms with van der Waals surface area (Å²) in [6, 6.07) is -1.10. The first-order valence-electron chi connectivity index (χ1n) is 26.8. The zero-order chi connectivity index (χ0) is 55.3. The molecule has 6 N–H and O–H groups in total. The summed E-state index contributed by atoms with van der Waals surface area (Å²) in [4.78, 5) is 113. The van der Waals surface area contributed by atoms with Gasteiger partial charge in [-0.1, -0.05) is 25.7 Å². The van der Waals surface area contributed by atoms with E-state index >= 15 is 0 Å². The highest BCUT2D eigenvalue weighted by molar-refractivity contribution is 5.85. The third-order valence-corrected chi connectivity index (χ3v) is 11.9. The van der Waals surface area contributed by atoms with Crippen LogP contribution >= 0.6 is 0 Å². The standard InChI is InChI=1S/C52H91N5O18/c1-39(59)57-49-51(73-37-25-47(66)55-28-18-43(63)21-33-70-4)50(72-36-24-48(67)56-29-19-46(65)54-27-10-6-8-12-31-68-2)44(38-71-34-22-41(61)15-13-14-40(60)20-32-69-3)75-52(49)74-35-23-42(62)16-17-45(64)53-26-9-5-7-11-30-58/h44,49-52,58H,5-38H2,1-4H3,(H,53,64)(H,54,65)(H,55,66)(H,56,67)(H,57,59)/t44?,49?,50-,51+,52+/m0/s1. The smallest absolute Gasteiger partial charge is 0.222 e. The predicted octanol–water partition coefficient (Wildman–Crippen LogP) is 1.88. The molecule has 1 saturated heterocycles. The monoisotopic (exact) mass is 1070 g/mol. The van der Waals surface area contributed by atoms with Gasteiger partial charge in [0.25, 0.3) is 0 Å². The Hall–Kier alpha value is -4.33. The van der Waals surface area contributed by atoms with Crippen molar-refractivity contribution in [2.75, 3.05) is 107 Å². The van der Waals surface area contributed by atoms with E-state index in [1.54, 1.807) is 7.11 Å². The number of Topliss-reactive ketones (excluding diaryl/α,β-unsaturated/α-hetero) is 4. The fraction of sp³-hybridized carbons (Fsp3) is 0.827. The second-order valence-electron chi connectivity index (χ2n) is 18.3. The lowest BCUT2D eigenvalue weighted by Crippen LogP contribution is -2.66. The van der Waals surface area contributed by atoms with Crippen LogP contribution in [-0.4, -0.2) is 195 Å². The zero-order valence-corrected chi connectivity index (χ0v) is 45.3. The number of aliphatic hydroxyl groups is 1. The van der Waals surface area contributed by atoms with Crippen LogP contribution in [0.3, 0.4) is 0 Å². The summed E-state index contributed by atoms with van der Waals surface area (Å²) >= 11 is 0. The minimum absolute atomic E-state index is 0.000935. The molecular weight excluding hydrogens is 983 g/mol. The van der Waals surface area contributed by atoms with Gasteiger partial charge in [0, 0.05) is 145 Å². The number of hydrogen-bond donors (Lipinski definition) is 6. The molecule has 23 nitrogen and oxygen atoms in total. The minimum Gasteiger partial charge on any atom is -0.396 e. The number of methoxy groups -OCH3 is 3. The predicted molar refractivity (Wildman–Crippen MR) is 274 cm³/mol. The molecule has 0 radical (unpaired) electrons. The first-order chi connectivity index (χ1) is 36.2. The Morgan fingerprint density at radius 2 is 0.893 bits per heavy atom. The summed E-state index contributed by atoms with van der Waals surface area (Å²) in [5, 5.41) is 22.8. The van der Waals surface area contributed by atoms with Crippen molar-refractivity contribution in [3.8, 4) is 0 Å². The molecule has 23 heteroatoms. The number of unbranched alkanes of at least 4 members (excludes halogenated alkanes) is 6. The lowest BCUT2D eigenvalue weighted by Gasteiger charge is -2.46. The molecule has 1 fully saturated rings. The van der Waals surface area contributed by atoms with E-state index in [-0.39, 0.29) is 171 Å². The second-order valence-corrected chi connectivity index (χ2v) is 18.3. The van der Waals surface area contributed by atoms with E-state index in [1.165, 1.54) is 21.1 Å². The maximum Gasteiger partial charge on any atom is 0.222 e. The second kappa shape index (κ2) is 45.8. The molecule has 1 aliphatic rings. The third-order valence-electron chi connectivity index (χ3n) is 11.9. The molecule has 0 aromatic heterocycles. The number of aliphatic hydroxyl groups excluding tert-OH is 1. The SMILES string of the molecule is COCCCCCCNC(=O)CCNC(=O)CCO[C@H]1C(COCCC(=O)CCCC(=O)CCOC)O[C@@H](OCCC(=O)CCC(=O)NCCCCCCO)C(NC(C)=O)[C@H]1OCCC(=O)NCCC(=O)CCOC. The van der Waals surface area contributed by atoms with E-state index in [0.29, 0.717) is 39.1 Å². The van der Waals surface area contributed by atoms with Gasteiger partial charge in [-0.25, -0.2) is 0 Å². The lowest BCUT2D eigenvalue weighted by atomic mass is 9.96. The van der Waals surface area contributed by atoms with E-state index < -0.39 is 48.4 Å². The van der Waals surface area contributed by atoms with Crippen molar-refractivity contribution < 1.29 is 86.2 Å². The van der Waals surface area contributed by atoms with Crippen LogP contribution in [0.4, 0.5) is 0 Å². The van der Waals surface area contributed by atoms with Gasteiger partial charge in [-0.3, -0.25) is 43.2 Å². The van der Waals surface area contributed by atoms with Crippen LogP contribution in [0.25, 0.3) is 0 Å². The number of ketones is 4. The molecule has 0 aromatic carbocycles. The van der Waals surface area contributed by atoms with Gasteiger partial charge in [0.05, 0.1) is 46.2 Å². The molecule has 0 bridgehead atoms. The Morgan fingerprint density at radius 1 is 0.427 bits per heavy atom. The summed E-state index contributed by atoms with van der Waals surface area (Å²) in [5.74, 6) is -2.25. The van der Waals surface area contributed by atoms with Crippen molar-refractivity contribution >= 4 is 52.7 Å². The number of nitrogens with one attached hydrogen (secondary N) is 5. The van der Waals surface area contributed by atoms with Gasteiger partial charge in [0.1, 0.15) is 47.5 Å². The summed E-state index contributed by atoms with van der Waals surface area (Å²) in [7, 11) is 4.66. The molecule has 75 heavy (non-hydrogen) atoms. The van der Waals surface area contributed by atoms with Crippen molar-refractivity contribution in [1.82, 2.24) is 26.6 Å². The molecule has 0 spiro atoms. The summed E-state index contributed by atoms with van der Waals surface area (Å²) in [5.41, 5.74) is 0. The summed E-state index contributed by atoms with van der Waals surface area (Å²) < 4.78 is 46.2. The summed E-state index contributed by atoms with van der Waals surface area (Å²) in [6.07, 6.45) is 3.42. The zero-order valence-electron chi connectivity index (χ0n) is 45.3. The molecule has 1 rings (SSSR count). The van der Waals surface area contributed by atoms with Crippen LogP contribution in [0.5, 0.6) is 0 Å². The fourth-order valence-corrected chi connectivity index (χ4v) is 7.67. The summed E-state index contributed by atoms with van der Waals surface area (Å²) in [6.45, 7) is 3.05. The fourth-order valence-electron chi connectivity index (χ4n) is 7.67. The highest BCUT2D eigenvalue weighted by Crippen LogP contribution is 2.28. The maximum absolute atomic E-state index is 13.0. The van der Waals surface area contributed by atoms with Crippen LogP contribution in [0.1, 0.15) is 142 Å². The Balaban J connectivity index is 3.21. The number of carbonyl (C=O) groups is 9. The van der Waals surface area contributed by atoms with Crippen molar-refractivity contribution in [2.45, 2.75) is 172 Å². The van der Waals surface area contributed by atoms with Gasteiger partial charge in [-0.2, -0.15) is 0 Å². The average Bonchev–Trinajstić information content (AvgIpc) is 3.37. The first-order valence-corrected chi connectivity index (χ1v) is 26.8. The van der Waals surface area contributed by atoms with Crippen LogP contribution in [0.15, 0.2) is 0 Å². The van der Waals surface area contributed by atoms with Gasteiger partial charge in [-0.15, -0.1) is 0 Å². The molecule has 1 heterocycles. The number of hydrogen-bond acceptors (Lipinski definition) is 18. The molecule has 0 saturated carbocycles. The Labute approximate surface area is 443 Å². The largest absolute Gasteiger partial charge is 0.396 e. The number of amides is 5. The van der Waals surface area contributed by atoms with Crippen molar-refractivity contribution in [1.29, 1.82) is 0 Å². The number of ether oxygens (including phenoxy) is 8. The van der Waals surface area contributed by atoms with Gasteiger partial charge in [-0.05, 0) is 32.1 Å². The Bertz CT molecular complexity index is 1640. The highest BCUT2D eigenvalue weighted by Gasteiger charge is 2.48. The minimum atomic E-state index is -1.27. The van der Waals surface area contributed by atoms with E-state index in [9.17, 15) is 43.2 Å². The van der Waals surface area contributed by atoms with Gasteiger partial charge in [0.15, 0.2) is 6.29 Å². The van der Waals surface area contributed by atoms with Crippen LogP contribution in [0.2, 0.25) is 0 Å². The first kappa shape index (κ1) is 68.7. The Morgan fingerprint density at radius 3 is 1.48 bits per heavy atom. The number of rotatable bonds is 50. The van der Waals surface area contributed by atoms with Crippen molar-refractivity contribution in [2.24, 2.45) is 0 Å². The molecular formula is C52H91N5O18. The van der Waals surface area contributed by atoms with Crippen LogP contribution < -0.4 is 26.6 Å². The van der Waals surface area contributed by atoms with Gasteiger partial charge >= 0.3 is 0 Å². The molecule has 5 atom stereocenters. The molecule has 1 aliphatic heterocycles. The quantitative estimate of drug-likeness (QED) is 0.0474. The van der Waals surface area contributed by atoms with Gasteiger partial charge < -0.3 is 69.6 Å². The number of carbonyl (C=O) groups excluding carboxylic acids is 9. The third kappa shape index (κ3) is 37.2. The van der Waals surface area contributed by atoms with E-state index in [1.807, 2.05) is 0 Å². The van der Waals surface area contributed by atoms with Gasteiger partial charge in [0.2, 0.25) is 29.5 Å². The van der Waals surface area contributed by atoms with E-state index in [4.69, 9.17) is 43.0 Å².